The fourth-order valence-electron chi connectivity index (χ4n) is 1.37. The fraction of sp³-hybridized carbons (Fsp3) is 0.308. The van der Waals surface area contributed by atoms with E-state index in [-0.39, 0.29) is 11.9 Å². The molecular formula is C13H18N2O. The lowest BCUT2D eigenvalue weighted by molar-refractivity contribution is 0.0948. The average molecular weight is 218 g/mol. The van der Waals surface area contributed by atoms with Crippen molar-refractivity contribution in [2.75, 3.05) is 11.9 Å². The second-order valence-electron chi connectivity index (χ2n) is 3.57. The Balaban J connectivity index is 2.85. The van der Waals surface area contributed by atoms with Crippen LogP contribution in [0.5, 0.6) is 0 Å². The van der Waals surface area contributed by atoms with Crippen LogP contribution >= 0.6 is 0 Å². The highest BCUT2D eigenvalue weighted by molar-refractivity contribution is 5.99. The molecule has 1 aromatic carbocycles. The van der Waals surface area contributed by atoms with E-state index in [1.807, 2.05) is 38.1 Å². The Bertz CT molecular complexity index is 374. The Labute approximate surface area is 96.6 Å². The predicted molar refractivity (Wildman–Crippen MR) is 67.7 cm³/mol. The minimum atomic E-state index is -0.0797. The molecule has 0 bridgehead atoms. The van der Waals surface area contributed by atoms with Crippen LogP contribution in [0.15, 0.2) is 36.9 Å². The highest BCUT2D eigenvalue weighted by atomic mass is 16.1. The number of rotatable bonds is 5. The van der Waals surface area contributed by atoms with Crippen molar-refractivity contribution < 1.29 is 4.79 Å². The Hall–Kier alpha value is -1.77. The zero-order valence-electron chi connectivity index (χ0n) is 9.79. The van der Waals surface area contributed by atoms with E-state index < -0.39 is 0 Å². The molecule has 0 heterocycles. The van der Waals surface area contributed by atoms with Crippen molar-refractivity contribution in [1.29, 1.82) is 0 Å². The predicted octanol–water partition coefficient (Wildman–Crippen LogP) is 2.42. The van der Waals surface area contributed by atoms with Gasteiger partial charge in [0.05, 0.1) is 5.56 Å². The number of amides is 1. The van der Waals surface area contributed by atoms with E-state index in [0.717, 1.165) is 12.2 Å². The van der Waals surface area contributed by atoms with Gasteiger partial charge in [-0.05, 0) is 26.0 Å². The summed E-state index contributed by atoms with van der Waals surface area (Å²) in [5.74, 6) is -0.0797. The summed E-state index contributed by atoms with van der Waals surface area (Å²) < 4.78 is 0. The quantitative estimate of drug-likeness (QED) is 0.745. The molecule has 3 nitrogen and oxygen atoms in total. The van der Waals surface area contributed by atoms with Crippen LogP contribution in [0.2, 0.25) is 0 Å². The van der Waals surface area contributed by atoms with Crippen molar-refractivity contribution in [1.82, 2.24) is 5.32 Å². The standard InChI is InChI=1S/C13H18N2O/c1-4-10(3)15-13(16)11-8-6-7-9-12(11)14-5-2/h4,6-10,14H,1,5H2,2-3H3,(H,15,16). The number of carbonyl (C=O) groups is 1. The first-order valence-electron chi connectivity index (χ1n) is 5.45. The Morgan fingerprint density at radius 1 is 1.50 bits per heavy atom. The maximum atomic E-state index is 11.9. The molecule has 0 saturated carbocycles. The van der Waals surface area contributed by atoms with Crippen LogP contribution in [0.25, 0.3) is 0 Å². The number of para-hydroxylation sites is 1. The molecule has 0 aliphatic rings. The van der Waals surface area contributed by atoms with Gasteiger partial charge in [-0.1, -0.05) is 18.2 Å². The van der Waals surface area contributed by atoms with Crippen LogP contribution in [0, 0.1) is 0 Å². The highest BCUT2D eigenvalue weighted by Crippen LogP contribution is 2.14. The Kier molecular flexibility index (Phi) is 4.58. The molecule has 1 rings (SSSR count). The number of benzene rings is 1. The zero-order chi connectivity index (χ0) is 12.0. The molecule has 3 heteroatoms. The summed E-state index contributed by atoms with van der Waals surface area (Å²) in [6, 6.07) is 7.45. The van der Waals surface area contributed by atoms with Gasteiger partial charge in [-0.3, -0.25) is 4.79 Å². The van der Waals surface area contributed by atoms with Crippen LogP contribution in [0.4, 0.5) is 5.69 Å². The largest absolute Gasteiger partial charge is 0.385 e. The maximum Gasteiger partial charge on any atom is 0.253 e. The van der Waals surface area contributed by atoms with E-state index in [4.69, 9.17) is 0 Å². The summed E-state index contributed by atoms with van der Waals surface area (Å²) in [6.45, 7) is 8.32. The SMILES string of the molecule is C=CC(C)NC(=O)c1ccccc1NCC. The van der Waals surface area contributed by atoms with Gasteiger partial charge in [0.25, 0.3) is 5.91 Å². The third-order valence-corrected chi connectivity index (χ3v) is 2.25. The number of hydrogen-bond donors (Lipinski definition) is 2. The number of carbonyl (C=O) groups excluding carboxylic acids is 1. The van der Waals surface area contributed by atoms with Gasteiger partial charge in [-0.2, -0.15) is 0 Å². The molecule has 0 aromatic heterocycles. The van der Waals surface area contributed by atoms with E-state index >= 15 is 0 Å². The topological polar surface area (TPSA) is 41.1 Å². The summed E-state index contributed by atoms with van der Waals surface area (Å²) in [5, 5.41) is 6.01. The third-order valence-electron chi connectivity index (χ3n) is 2.25. The van der Waals surface area contributed by atoms with E-state index in [1.165, 1.54) is 0 Å². The Morgan fingerprint density at radius 2 is 2.19 bits per heavy atom. The van der Waals surface area contributed by atoms with E-state index in [0.29, 0.717) is 5.56 Å². The molecule has 0 spiro atoms. The van der Waals surface area contributed by atoms with Gasteiger partial charge < -0.3 is 10.6 Å². The second kappa shape index (κ2) is 5.95. The minimum absolute atomic E-state index is 0.0258. The average Bonchev–Trinajstić information content (AvgIpc) is 2.30. The second-order valence-corrected chi connectivity index (χ2v) is 3.57. The summed E-state index contributed by atoms with van der Waals surface area (Å²) in [6.07, 6.45) is 1.70. The van der Waals surface area contributed by atoms with Crippen LogP contribution in [0.3, 0.4) is 0 Å². The lowest BCUT2D eigenvalue weighted by Crippen LogP contribution is -2.31. The van der Waals surface area contributed by atoms with E-state index in [1.54, 1.807) is 6.08 Å². The number of hydrogen-bond acceptors (Lipinski definition) is 2. The number of nitrogens with one attached hydrogen (secondary N) is 2. The van der Waals surface area contributed by atoms with Crippen molar-refractivity contribution in [3.05, 3.63) is 42.5 Å². The molecule has 1 unspecified atom stereocenters. The van der Waals surface area contributed by atoms with Crippen LogP contribution in [-0.4, -0.2) is 18.5 Å². The van der Waals surface area contributed by atoms with Gasteiger partial charge in [0.15, 0.2) is 0 Å². The van der Waals surface area contributed by atoms with Gasteiger partial charge in [0, 0.05) is 18.3 Å². The maximum absolute atomic E-state index is 11.9. The van der Waals surface area contributed by atoms with Gasteiger partial charge in [0.2, 0.25) is 0 Å². The molecule has 0 radical (unpaired) electrons. The molecule has 16 heavy (non-hydrogen) atoms. The first-order chi connectivity index (χ1) is 7.69. The van der Waals surface area contributed by atoms with Crippen molar-refractivity contribution in [2.45, 2.75) is 19.9 Å². The molecule has 0 saturated heterocycles. The van der Waals surface area contributed by atoms with Gasteiger partial charge >= 0.3 is 0 Å². The van der Waals surface area contributed by atoms with Crippen molar-refractivity contribution in [3.63, 3.8) is 0 Å². The molecule has 1 aromatic rings. The zero-order valence-corrected chi connectivity index (χ0v) is 9.79. The Morgan fingerprint density at radius 3 is 2.81 bits per heavy atom. The molecule has 1 atom stereocenters. The lowest BCUT2D eigenvalue weighted by atomic mass is 10.1. The third kappa shape index (κ3) is 3.12. The molecule has 0 aliphatic carbocycles. The summed E-state index contributed by atoms with van der Waals surface area (Å²) in [4.78, 5) is 11.9. The number of anilines is 1. The van der Waals surface area contributed by atoms with Crippen LogP contribution in [0.1, 0.15) is 24.2 Å². The summed E-state index contributed by atoms with van der Waals surface area (Å²) >= 11 is 0. The molecule has 1 amide bonds. The molecule has 86 valence electrons. The van der Waals surface area contributed by atoms with E-state index in [2.05, 4.69) is 17.2 Å². The molecule has 0 fully saturated rings. The monoisotopic (exact) mass is 218 g/mol. The minimum Gasteiger partial charge on any atom is -0.385 e. The molecular weight excluding hydrogens is 200 g/mol. The van der Waals surface area contributed by atoms with Crippen molar-refractivity contribution in [3.8, 4) is 0 Å². The first kappa shape index (κ1) is 12.3. The van der Waals surface area contributed by atoms with Crippen molar-refractivity contribution >= 4 is 11.6 Å². The summed E-state index contributed by atoms with van der Waals surface area (Å²) in [7, 11) is 0. The fourth-order valence-corrected chi connectivity index (χ4v) is 1.37. The van der Waals surface area contributed by atoms with Crippen LogP contribution in [-0.2, 0) is 0 Å². The van der Waals surface area contributed by atoms with E-state index in [9.17, 15) is 4.79 Å². The highest BCUT2D eigenvalue weighted by Gasteiger charge is 2.11. The van der Waals surface area contributed by atoms with Crippen LogP contribution < -0.4 is 10.6 Å². The smallest absolute Gasteiger partial charge is 0.253 e. The van der Waals surface area contributed by atoms with Gasteiger partial charge in [0.1, 0.15) is 0 Å². The normalized spacial score (nSPS) is 11.6. The van der Waals surface area contributed by atoms with Gasteiger partial charge in [-0.25, -0.2) is 0 Å². The first-order valence-corrected chi connectivity index (χ1v) is 5.45. The van der Waals surface area contributed by atoms with Crippen molar-refractivity contribution in [2.24, 2.45) is 0 Å². The molecule has 2 N–H and O–H groups in total. The van der Waals surface area contributed by atoms with Gasteiger partial charge in [-0.15, -0.1) is 6.58 Å². The summed E-state index contributed by atoms with van der Waals surface area (Å²) in [5.41, 5.74) is 1.52. The molecule has 0 aliphatic heterocycles. The lowest BCUT2D eigenvalue weighted by Gasteiger charge is -2.13.